The first-order valence-electron chi connectivity index (χ1n) is 22.0. The maximum absolute atomic E-state index is 14.2. The third-order valence-corrected chi connectivity index (χ3v) is 18.7. The minimum atomic E-state index is -2.24. The Hall–Kier alpha value is -4.82. The van der Waals surface area contributed by atoms with Crippen molar-refractivity contribution in [3.05, 3.63) is 130 Å². The maximum Gasteiger partial charge on any atom is 0.351 e. The molecule has 2 aromatic heterocycles. The van der Waals surface area contributed by atoms with Crippen molar-refractivity contribution in [3.63, 3.8) is 0 Å². The lowest BCUT2D eigenvalue weighted by molar-refractivity contribution is -0.0926. The van der Waals surface area contributed by atoms with E-state index in [9.17, 15) is 10.1 Å². The van der Waals surface area contributed by atoms with Crippen LogP contribution in [0.2, 0.25) is 18.1 Å². The Balaban J connectivity index is 1.46. The highest BCUT2D eigenvalue weighted by Gasteiger charge is 2.45. The van der Waals surface area contributed by atoms with E-state index in [1.165, 1.54) is 21.9 Å². The molecule has 0 amide bonds. The molecule has 1 fully saturated rings. The van der Waals surface area contributed by atoms with E-state index in [0.29, 0.717) is 22.9 Å². The Morgan fingerprint density at radius 3 is 2.05 bits per heavy atom. The molecule has 1 saturated heterocycles. The molecule has 1 aliphatic rings. The molecule has 0 aliphatic carbocycles. The molecule has 15 nitrogen and oxygen atoms in total. The minimum absolute atomic E-state index is 0.0272. The summed E-state index contributed by atoms with van der Waals surface area (Å²) in [5, 5.41) is 13.7. The van der Waals surface area contributed by atoms with Crippen molar-refractivity contribution in [1.82, 2.24) is 29.0 Å². The van der Waals surface area contributed by atoms with Gasteiger partial charge in [0.25, 0.3) is 8.53 Å². The molecule has 348 valence electrons. The van der Waals surface area contributed by atoms with Crippen LogP contribution < -0.4 is 15.2 Å². The van der Waals surface area contributed by atoms with Gasteiger partial charge in [-0.2, -0.15) is 15.3 Å². The zero-order chi connectivity index (χ0) is 46.9. The SMILES string of the molecule is COc1ccc(C(OC[C@H]2O[C@@H](n3cc(CO[Si](C)(C)C(C)(C)C)c(-n4cncn4)nc3=O)C[C@@H]2OP(OCCC#N)N(C(C)C)C(C)C)(c2ccccc2)c2ccc(OC)cc2)cc1. The maximum atomic E-state index is 14.2. The Morgan fingerprint density at radius 2 is 1.52 bits per heavy atom. The van der Waals surface area contributed by atoms with Crippen LogP contribution in [-0.2, 0) is 35.2 Å². The van der Waals surface area contributed by atoms with Crippen molar-refractivity contribution in [3.8, 4) is 23.4 Å². The van der Waals surface area contributed by atoms with Gasteiger partial charge in [-0.25, -0.2) is 19.1 Å². The second-order valence-corrected chi connectivity index (χ2v) is 24.3. The van der Waals surface area contributed by atoms with Crippen LogP contribution in [0.15, 0.2) is 103 Å². The van der Waals surface area contributed by atoms with Gasteiger partial charge in [0, 0.05) is 30.3 Å². The first-order valence-corrected chi connectivity index (χ1v) is 26.1. The third-order valence-electron chi connectivity index (χ3n) is 12.1. The lowest BCUT2D eigenvalue weighted by atomic mass is 9.80. The molecule has 0 radical (unpaired) electrons. The molecular formula is C48H64N7O8PSi. The van der Waals surface area contributed by atoms with E-state index in [1.807, 2.05) is 78.9 Å². The molecule has 0 bridgehead atoms. The van der Waals surface area contributed by atoms with Crippen LogP contribution in [0.1, 0.15) is 89.8 Å². The normalized spacial score (nSPS) is 17.5. The van der Waals surface area contributed by atoms with Gasteiger partial charge in [0.15, 0.2) is 14.1 Å². The van der Waals surface area contributed by atoms with Gasteiger partial charge in [-0.05, 0) is 86.8 Å². The van der Waals surface area contributed by atoms with Crippen molar-refractivity contribution >= 4 is 16.8 Å². The van der Waals surface area contributed by atoms with Gasteiger partial charge in [-0.3, -0.25) is 4.57 Å². The molecule has 0 saturated carbocycles. The van der Waals surface area contributed by atoms with Crippen molar-refractivity contribution in [2.75, 3.05) is 27.4 Å². The second-order valence-electron chi connectivity index (χ2n) is 18.0. The topological polar surface area (TPSA) is 157 Å². The van der Waals surface area contributed by atoms with E-state index in [-0.39, 0.29) is 49.8 Å². The predicted octanol–water partition coefficient (Wildman–Crippen LogP) is 9.32. The standard InChI is InChI=1S/C48H64N7O8PSi/c1-34(2)55(35(3)4)64(60-27-15-26-49)63-42-28-44(53-29-36(30-61-65(10,11)47(5,6)7)45(52-46(53)56)54-33-50-32-51-54)62-43(42)31-59-48(37-16-13-12-14-17-37,38-18-22-40(57-8)23-19-38)39-20-24-41(58-9)25-21-39/h12-14,16-25,29,32-35,42-44H,15,27-28,30-31H2,1-11H3/t42-,43+,44+,64?/m0/s1. The number of ether oxygens (including phenoxy) is 4. The number of hydrogen-bond acceptors (Lipinski definition) is 13. The molecule has 0 N–H and O–H groups in total. The highest BCUT2D eigenvalue weighted by Crippen LogP contribution is 2.51. The number of hydrogen-bond donors (Lipinski definition) is 0. The summed E-state index contributed by atoms with van der Waals surface area (Å²) in [6.45, 7) is 19.7. The van der Waals surface area contributed by atoms with E-state index < -0.39 is 46.6 Å². The van der Waals surface area contributed by atoms with Crippen LogP contribution >= 0.6 is 8.53 Å². The van der Waals surface area contributed by atoms with Crippen molar-refractivity contribution in [1.29, 1.82) is 5.26 Å². The van der Waals surface area contributed by atoms with Crippen molar-refractivity contribution in [2.45, 2.75) is 122 Å². The molecule has 0 spiro atoms. The quantitative estimate of drug-likeness (QED) is 0.0297. The van der Waals surface area contributed by atoms with Crippen LogP contribution in [0.3, 0.4) is 0 Å². The highest BCUT2D eigenvalue weighted by atomic mass is 31.2. The number of rotatable bonds is 21. The van der Waals surface area contributed by atoms with Crippen LogP contribution in [0.5, 0.6) is 11.5 Å². The molecule has 3 aromatic carbocycles. The molecule has 17 heteroatoms. The smallest absolute Gasteiger partial charge is 0.351 e. The highest BCUT2D eigenvalue weighted by molar-refractivity contribution is 7.44. The van der Waals surface area contributed by atoms with Crippen molar-refractivity contribution < 1.29 is 32.4 Å². The lowest BCUT2D eigenvalue weighted by Crippen LogP contribution is -2.40. The van der Waals surface area contributed by atoms with Crippen LogP contribution in [0, 0.1) is 11.3 Å². The average molecular weight is 926 g/mol. The number of methoxy groups -OCH3 is 2. The summed E-state index contributed by atoms with van der Waals surface area (Å²) in [5.74, 6) is 1.74. The van der Waals surface area contributed by atoms with Gasteiger partial charge in [0.05, 0.1) is 52.6 Å². The number of nitrogens with zero attached hydrogens (tertiary/aromatic N) is 7. The van der Waals surface area contributed by atoms with Crippen LogP contribution in [0.4, 0.5) is 0 Å². The number of aromatic nitrogens is 5. The zero-order valence-corrected chi connectivity index (χ0v) is 41.4. The minimum Gasteiger partial charge on any atom is -0.497 e. The third kappa shape index (κ3) is 11.4. The molecule has 65 heavy (non-hydrogen) atoms. The van der Waals surface area contributed by atoms with E-state index >= 15 is 0 Å². The lowest BCUT2D eigenvalue weighted by Gasteiger charge is -2.39. The van der Waals surface area contributed by atoms with Gasteiger partial charge < -0.3 is 32.4 Å². The summed E-state index contributed by atoms with van der Waals surface area (Å²) >= 11 is 0. The Labute approximate surface area is 385 Å². The van der Waals surface area contributed by atoms with E-state index in [1.54, 1.807) is 20.4 Å². The molecule has 5 aromatic rings. The Morgan fingerprint density at radius 1 is 0.923 bits per heavy atom. The average Bonchev–Trinajstić information content (AvgIpc) is 3.97. The van der Waals surface area contributed by atoms with Gasteiger partial charge in [0.1, 0.15) is 42.1 Å². The van der Waals surface area contributed by atoms with E-state index in [0.717, 1.165) is 16.7 Å². The first-order chi connectivity index (χ1) is 31.0. The predicted molar refractivity (Wildman–Crippen MR) is 252 cm³/mol. The fraction of sp³-hybridized carbons (Fsp3) is 0.479. The fourth-order valence-corrected chi connectivity index (χ4v) is 10.3. The second kappa shape index (κ2) is 21.7. The van der Waals surface area contributed by atoms with Gasteiger partial charge in [0.2, 0.25) is 0 Å². The van der Waals surface area contributed by atoms with E-state index in [4.69, 9.17) is 32.4 Å². The number of benzene rings is 3. The monoisotopic (exact) mass is 925 g/mol. The van der Waals surface area contributed by atoms with Crippen LogP contribution in [-0.4, -0.2) is 89.0 Å². The number of nitriles is 1. The molecule has 1 aliphatic heterocycles. The van der Waals surface area contributed by atoms with Crippen molar-refractivity contribution in [2.24, 2.45) is 0 Å². The molecule has 1 unspecified atom stereocenters. The summed E-state index contributed by atoms with van der Waals surface area (Å²) in [7, 11) is -0.682. The summed E-state index contributed by atoms with van der Waals surface area (Å²) in [6, 6.07) is 28.0. The largest absolute Gasteiger partial charge is 0.497 e. The molecular weight excluding hydrogens is 862 g/mol. The van der Waals surface area contributed by atoms with Gasteiger partial charge in [-0.15, -0.1) is 0 Å². The van der Waals surface area contributed by atoms with Gasteiger partial charge >= 0.3 is 5.69 Å². The molecule has 4 atom stereocenters. The summed E-state index contributed by atoms with van der Waals surface area (Å²) in [6.07, 6.45) is 2.95. The van der Waals surface area contributed by atoms with Gasteiger partial charge in [-0.1, -0.05) is 75.4 Å². The Bertz CT molecular complexity index is 2320. The zero-order valence-electron chi connectivity index (χ0n) is 39.5. The summed E-state index contributed by atoms with van der Waals surface area (Å²) < 4.78 is 50.9. The molecule has 6 rings (SSSR count). The van der Waals surface area contributed by atoms with E-state index in [2.05, 4.69) is 87.4 Å². The summed E-state index contributed by atoms with van der Waals surface area (Å²) in [5.41, 5.74) is 1.54. The Kier molecular flexibility index (Phi) is 16.5. The first kappa shape index (κ1) is 49.6. The van der Waals surface area contributed by atoms with Crippen LogP contribution in [0.25, 0.3) is 5.82 Å². The summed E-state index contributed by atoms with van der Waals surface area (Å²) in [4.78, 5) is 22.9. The fourth-order valence-electron chi connectivity index (χ4n) is 7.62. The molecule has 3 heterocycles.